The van der Waals surface area contributed by atoms with Gasteiger partial charge >= 0.3 is 0 Å². The van der Waals surface area contributed by atoms with E-state index in [0.29, 0.717) is 35.7 Å². The summed E-state index contributed by atoms with van der Waals surface area (Å²) >= 11 is 1.14. The summed E-state index contributed by atoms with van der Waals surface area (Å²) in [6.45, 7) is 5.21. The molecule has 0 unspecified atom stereocenters. The number of hydrogen-bond donors (Lipinski definition) is 0. The second kappa shape index (κ2) is 11.1. The van der Waals surface area contributed by atoms with E-state index in [4.69, 9.17) is 9.47 Å². The Hall–Kier alpha value is -3.52. The van der Waals surface area contributed by atoms with Gasteiger partial charge in [-0.2, -0.15) is 14.6 Å². The fourth-order valence-corrected chi connectivity index (χ4v) is 4.43. The zero-order valence-electron chi connectivity index (χ0n) is 19.3. The third-order valence-corrected chi connectivity index (χ3v) is 6.19. The van der Waals surface area contributed by atoms with Gasteiger partial charge in [-0.05, 0) is 42.7 Å². The number of fused-ring (bicyclic) bond motifs is 1. The lowest BCUT2D eigenvalue weighted by atomic mass is 10.1. The van der Waals surface area contributed by atoms with Gasteiger partial charge in [0.15, 0.2) is 11.5 Å². The van der Waals surface area contributed by atoms with Gasteiger partial charge in [0, 0.05) is 6.42 Å². The van der Waals surface area contributed by atoms with E-state index in [0.717, 1.165) is 41.7 Å². The molecule has 176 valence electrons. The standard InChI is InChI=1S/C26H27N3O4S/c1-3-5-9-14-33-21-13-12-19(16-22(21)32-4-2)17-23-25(31)29-26(34-23)27-24(30)20(28-29)15-18-10-7-6-8-11-18/h6-8,10-13,16-17H,3-5,9,14-15H2,1-2H3. The Morgan fingerprint density at radius 2 is 1.82 bits per heavy atom. The van der Waals surface area contributed by atoms with Crippen molar-refractivity contribution in [1.29, 1.82) is 0 Å². The molecule has 0 bridgehead atoms. The van der Waals surface area contributed by atoms with Gasteiger partial charge in [0.2, 0.25) is 4.96 Å². The van der Waals surface area contributed by atoms with E-state index in [1.54, 1.807) is 6.08 Å². The molecule has 0 aliphatic heterocycles. The Morgan fingerprint density at radius 1 is 1.00 bits per heavy atom. The smallest absolute Gasteiger partial charge is 0.296 e. The van der Waals surface area contributed by atoms with Crippen LogP contribution in [-0.4, -0.2) is 27.8 Å². The van der Waals surface area contributed by atoms with E-state index in [1.807, 2.05) is 55.5 Å². The van der Waals surface area contributed by atoms with Crippen LogP contribution in [-0.2, 0) is 6.42 Å². The second-order valence-electron chi connectivity index (χ2n) is 7.83. The lowest BCUT2D eigenvalue weighted by molar-refractivity contribution is 0.271. The number of unbranched alkanes of at least 4 members (excludes halogenated alkanes) is 2. The molecule has 8 heteroatoms. The first kappa shape index (κ1) is 23.6. The van der Waals surface area contributed by atoms with Crippen molar-refractivity contribution in [1.82, 2.24) is 14.6 Å². The highest BCUT2D eigenvalue weighted by molar-refractivity contribution is 7.15. The number of nitrogens with zero attached hydrogens (tertiary/aromatic N) is 3. The topological polar surface area (TPSA) is 82.8 Å². The third-order valence-electron chi connectivity index (χ3n) is 5.24. The first-order chi connectivity index (χ1) is 16.6. The average Bonchev–Trinajstić information content (AvgIpc) is 3.13. The highest BCUT2D eigenvalue weighted by Crippen LogP contribution is 2.29. The van der Waals surface area contributed by atoms with Crippen molar-refractivity contribution in [2.45, 2.75) is 39.5 Å². The van der Waals surface area contributed by atoms with Crippen molar-refractivity contribution in [3.8, 4) is 11.5 Å². The van der Waals surface area contributed by atoms with Crippen molar-refractivity contribution in [2.75, 3.05) is 13.2 Å². The highest BCUT2D eigenvalue weighted by Gasteiger charge is 2.12. The summed E-state index contributed by atoms with van der Waals surface area (Å²) in [6.07, 6.45) is 5.31. The molecule has 0 aliphatic carbocycles. The monoisotopic (exact) mass is 477 g/mol. The minimum absolute atomic E-state index is 0.244. The van der Waals surface area contributed by atoms with Crippen molar-refractivity contribution in [3.63, 3.8) is 0 Å². The predicted molar refractivity (Wildman–Crippen MR) is 134 cm³/mol. The molecule has 0 saturated carbocycles. The van der Waals surface area contributed by atoms with E-state index in [-0.39, 0.29) is 16.2 Å². The number of hydrogen-bond acceptors (Lipinski definition) is 7. The van der Waals surface area contributed by atoms with E-state index in [2.05, 4.69) is 17.0 Å². The van der Waals surface area contributed by atoms with Gasteiger partial charge in [-0.25, -0.2) is 0 Å². The van der Waals surface area contributed by atoms with Crippen LogP contribution in [0.15, 0.2) is 58.1 Å². The SMILES string of the molecule is CCCCCOc1ccc(C=c2sc3nc(=O)c(Cc4ccccc4)nn3c2=O)cc1OCC. The highest BCUT2D eigenvalue weighted by atomic mass is 32.1. The summed E-state index contributed by atoms with van der Waals surface area (Å²) in [6, 6.07) is 15.1. The molecule has 0 amide bonds. The maximum absolute atomic E-state index is 13.0. The Kier molecular flexibility index (Phi) is 7.69. The molecule has 0 atom stereocenters. The van der Waals surface area contributed by atoms with Crippen LogP contribution >= 0.6 is 11.3 Å². The van der Waals surface area contributed by atoms with E-state index in [9.17, 15) is 9.59 Å². The van der Waals surface area contributed by atoms with Crippen LogP contribution < -0.4 is 25.1 Å². The summed E-state index contributed by atoms with van der Waals surface area (Å²) in [5, 5.41) is 4.32. The largest absolute Gasteiger partial charge is 0.490 e. The molecule has 2 heterocycles. The number of rotatable bonds is 10. The molecule has 4 rings (SSSR count). The van der Waals surface area contributed by atoms with Gasteiger partial charge < -0.3 is 9.47 Å². The van der Waals surface area contributed by atoms with E-state index >= 15 is 0 Å². The zero-order valence-corrected chi connectivity index (χ0v) is 20.1. The maximum atomic E-state index is 13.0. The van der Waals surface area contributed by atoms with Crippen LogP contribution in [0.3, 0.4) is 0 Å². The average molecular weight is 478 g/mol. The normalized spacial score (nSPS) is 11.8. The molecule has 2 aromatic carbocycles. The number of benzene rings is 2. The maximum Gasteiger partial charge on any atom is 0.296 e. The molecule has 0 N–H and O–H groups in total. The van der Waals surface area contributed by atoms with Gasteiger partial charge in [0.05, 0.1) is 17.7 Å². The lowest BCUT2D eigenvalue weighted by Crippen LogP contribution is -2.28. The fraction of sp³-hybridized carbons (Fsp3) is 0.308. The van der Waals surface area contributed by atoms with Crippen LogP contribution in [0.5, 0.6) is 11.5 Å². The molecule has 0 saturated heterocycles. The van der Waals surface area contributed by atoms with Gasteiger partial charge in [-0.1, -0.05) is 67.5 Å². The Balaban J connectivity index is 1.66. The molecule has 0 spiro atoms. The molecule has 34 heavy (non-hydrogen) atoms. The second-order valence-corrected chi connectivity index (χ2v) is 8.84. The van der Waals surface area contributed by atoms with Crippen molar-refractivity contribution in [3.05, 3.63) is 90.6 Å². The molecule has 2 aromatic heterocycles. The molecule has 7 nitrogen and oxygen atoms in total. The van der Waals surface area contributed by atoms with Crippen molar-refractivity contribution >= 4 is 22.4 Å². The Labute approximate surface area is 201 Å². The predicted octanol–water partition coefficient (Wildman–Crippen LogP) is 3.62. The van der Waals surface area contributed by atoms with Crippen LogP contribution in [0.4, 0.5) is 0 Å². The number of aromatic nitrogens is 3. The summed E-state index contributed by atoms with van der Waals surface area (Å²) in [5.74, 6) is 1.32. The minimum Gasteiger partial charge on any atom is -0.490 e. The molecule has 0 radical (unpaired) electrons. The van der Waals surface area contributed by atoms with Crippen LogP contribution in [0.2, 0.25) is 0 Å². The molecule has 0 fully saturated rings. The van der Waals surface area contributed by atoms with Gasteiger partial charge in [-0.15, -0.1) is 0 Å². The first-order valence-electron chi connectivity index (χ1n) is 11.5. The van der Waals surface area contributed by atoms with Gasteiger partial charge in [-0.3, -0.25) is 9.59 Å². The van der Waals surface area contributed by atoms with Crippen LogP contribution in [0.25, 0.3) is 11.0 Å². The summed E-state index contributed by atoms with van der Waals surface area (Å²) in [5.41, 5.74) is 1.25. The lowest BCUT2D eigenvalue weighted by Gasteiger charge is -2.12. The van der Waals surface area contributed by atoms with Crippen LogP contribution in [0, 0.1) is 0 Å². The van der Waals surface area contributed by atoms with Crippen LogP contribution in [0.1, 0.15) is 49.9 Å². The van der Waals surface area contributed by atoms with Gasteiger partial charge in [0.25, 0.3) is 11.1 Å². The Morgan fingerprint density at radius 3 is 2.59 bits per heavy atom. The third kappa shape index (κ3) is 5.51. The summed E-state index contributed by atoms with van der Waals surface area (Å²) in [4.78, 5) is 29.9. The van der Waals surface area contributed by atoms with Gasteiger partial charge in [0.1, 0.15) is 5.69 Å². The summed E-state index contributed by atoms with van der Waals surface area (Å²) < 4.78 is 13.3. The molecule has 0 aliphatic rings. The van der Waals surface area contributed by atoms with E-state index < -0.39 is 5.56 Å². The molecular formula is C26H27N3O4S. The van der Waals surface area contributed by atoms with Crippen molar-refractivity contribution in [2.24, 2.45) is 0 Å². The molecule has 4 aromatic rings. The quantitative estimate of drug-likeness (QED) is 0.325. The first-order valence-corrected chi connectivity index (χ1v) is 12.3. The van der Waals surface area contributed by atoms with E-state index in [1.165, 1.54) is 4.52 Å². The summed E-state index contributed by atoms with van der Waals surface area (Å²) in [7, 11) is 0. The molecular weight excluding hydrogens is 450 g/mol. The zero-order chi connectivity index (χ0) is 23.9. The number of thiazole rings is 1. The minimum atomic E-state index is -0.417. The fourth-order valence-electron chi connectivity index (χ4n) is 3.53. The number of ether oxygens (including phenoxy) is 2. The van der Waals surface area contributed by atoms with Crippen molar-refractivity contribution < 1.29 is 9.47 Å². The Bertz CT molecular complexity index is 1430.